The predicted molar refractivity (Wildman–Crippen MR) is 55.1 cm³/mol. The predicted octanol–water partition coefficient (Wildman–Crippen LogP) is 1.47. The van der Waals surface area contributed by atoms with E-state index in [1.807, 2.05) is 31.2 Å². The van der Waals surface area contributed by atoms with Crippen LogP contribution in [-0.4, -0.2) is 21.7 Å². The van der Waals surface area contributed by atoms with Crippen LogP contribution >= 0.6 is 0 Å². The van der Waals surface area contributed by atoms with Crippen molar-refractivity contribution in [2.45, 2.75) is 13.3 Å². The van der Waals surface area contributed by atoms with E-state index in [1.165, 1.54) is 0 Å². The van der Waals surface area contributed by atoms with Gasteiger partial charge in [-0.05, 0) is 13.0 Å². The Labute approximate surface area is 82.4 Å². The maximum atomic E-state index is 8.91. The van der Waals surface area contributed by atoms with E-state index in [0.717, 1.165) is 22.4 Å². The van der Waals surface area contributed by atoms with Crippen molar-refractivity contribution in [3.8, 4) is 0 Å². The van der Waals surface area contributed by atoms with Gasteiger partial charge in [0.1, 0.15) is 5.82 Å². The van der Waals surface area contributed by atoms with Gasteiger partial charge in [0.05, 0.1) is 11.2 Å². The minimum atomic E-state index is 0.125. The van der Waals surface area contributed by atoms with Crippen molar-refractivity contribution in [3.05, 3.63) is 35.8 Å². The molecule has 0 aliphatic carbocycles. The Hall–Kier alpha value is -1.48. The van der Waals surface area contributed by atoms with Gasteiger partial charge in [0.15, 0.2) is 0 Å². The van der Waals surface area contributed by atoms with Gasteiger partial charge in [-0.25, -0.2) is 9.97 Å². The third-order valence-corrected chi connectivity index (χ3v) is 2.14. The Kier molecular flexibility index (Phi) is 2.41. The number of aliphatic hydroxyl groups is 1. The molecular formula is C11H12N2O. The molecule has 1 aromatic carbocycles. The van der Waals surface area contributed by atoms with Crippen molar-refractivity contribution in [1.82, 2.24) is 9.97 Å². The Morgan fingerprint density at radius 3 is 2.79 bits per heavy atom. The smallest absolute Gasteiger partial charge is 0.126 e. The number of hydrogen-bond acceptors (Lipinski definition) is 3. The molecule has 0 radical (unpaired) electrons. The lowest BCUT2D eigenvalue weighted by atomic mass is 10.1. The van der Waals surface area contributed by atoms with Crippen LogP contribution in [-0.2, 0) is 6.42 Å². The topological polar surface area (TPSA) is 46.0 Å². The highest BCUT2D eigenvalue weighted by atomic mass is 16.3. The fourth-order valence-corrected chi connectivity index (χ4v) is 1.57. The Bertz CT molecular complexity index is 454. The molecule has 72 valence electrons. The molecule has 1 aromatic heterocycles. The zero-order valence-electron chi connectivity index (χ0n) is 8.07. The molecule has 0 atom stereocenters. The highest BCUT2D eigenvalue weighted by Crippen LogP contribution is 2.15. The van der Waals surface area contributed by atoms with Gasteiger partial charge in [-0.15, -0.1) is 0 Å². The van der Waals surface area contributed by atoms with Crippen molar-refractivity contribution in [1.29, 1.82) is 0 Å². The summed E-state index contributed by atoms with van der Waals surface area (Å²) in [5.41, 5.74) is 1.87. The van der Waals surface area contributed by atoms with E-state index < -0.39 is 0 Å². The fraction of sp³-hybridized carbons (Fsp3) is 0.273. The van der Waals surface area contributed by atoms with E-state index in [4.69, 9.17) is 5.11 Å². The Balaban J connectivity index is 2.67. The van der Waals surface area contributed by atoms with Crippen molar-refractivity contribution >= 4 is 10.9 Å². The molecule has 3 heteroatoms. The summed E-state index contributed by atoms with van der Waals surface area (Å²) in [4.78, 5) is 8.65. The summed E-state index contributed by atoms with van der Waals surface area (Å²) in [6, 6.07) is 7.87. The van der Waals surface area contributed by atoms with Crippen molar-refractivity contribution in [2.75, 3.05) is 6.61 Å². The van der Waals surface area contributed by atoms with Crippen LogP contribution in [0.1, 0.15) is 11.5 Å². The molecule has 14 heavy (non-hydrogen) atoms. The fourth-order valence-electron chi connectivity index (χ4n) is 1.57. The first-order valence-corrected chi connectivity index (χ1v) is 4.64. The van der Waals surface area contributed by atoms with E-state index in [-0.39, 0.29) is 6.61 Å². The average molecular weight is 188 g/mol. The second-order valence-corrected chi connectivity index (χ2v) is 3.21. The molecule has 1 heterocycles. The molecule has 1 N–H and O–H groups in total. The van der Waals surface area contributed by atoms with Crippen LogP contribution in [0.15, 0.2) is 24.3 Å². The summed E-state index contributed by atoms with van der Waals surface area (Å²) >= 11 is 0. The molecule has 0 fully saturated rings. The highest BCUT2D eigenvalue weighted by Gasteiger charge is 2.03. The lowest BCUT2D eigenvalue weighted by Gasteiger charge is -2.04. The van der Waals surface area contributed by atoms with Gasteiger partial charge in [-0.2, -0.15) is 0 Å². The van der Waals surface area contributed by atoms with Gasteiger partial charge in [0.2, 0.25) is 0 Å². The second kappa shape index (κ2) is 3.72. The molecule has 0 aliphatic heterocycles. The molecule has 0 bridgehead atoms. The van der Waals surface area contributed by atoms with E-state index in [9.17, 15) is 0 Å². The van der Waals surface area contributed by atoms with Gasteiger partial charge in [0.25, 0.3) is 0 Å². The number of fused-ring (bicyclic) bond motifs is 1. The summed E-state index contributed by atoms with van der Waals surface area (Å²) in [6.07, 6.45) is 0.587. The second-order valence-electron chi connectivity index (χ2n) is 3.21. The van der Waals surface area contributed by atoms with Gasteiger partial charge in [-0.1, -0.05) is 18.2 Å². The molecule has 2 aromatic rings. The monoisotopic (exact) mass is 188 g/mol. The van der Waals surface area contributed by atoms with Crippen LogP contribution < -0.4 is 0 Å². The lowest BCUT2D eigenvalue weighted by molar-refractivity contribution is 0.298. The third kappa shape index (κ3) is 1.59. The third-order valence-electron chi connectivity index (χ3n) is 2.14. The van der Waals surface area contributed by atoms with Gasteiger partial charge in [-0.3, -0.25) is 0 Å². The zero-order chi connectivity index (χ0) is 9.97. The molecule has 0 saturated carbocycles. The summed E-state index contributed by atoms with van der Waals surface area (Å²) in [5, 5.41) is 9.94. The van der Waals surface area contributed by atoms with Crippen LogP contribution in [0, 0.1) is 6.92 Å². The van der Waals surface area contributed by atoms with Crippen LogP contribution in [0.4, 0.5) is 0 Å². The summed E-state index contributed by atoms with van der Waals surface area (Å²) < 4.78 is 0. The normalized spacial score (nSPS) is 10.7. The number of rotatable bonds is 2. The maximum Gasteiger partial charge on any atom is 0.126 e. The van der Waals surface area contributed by atoms with Crippen LogP contribution in [0.25, 0.3) is 10.9 Å². The molecule has 0 amide bonds. The minimum absolute atomic E-state index is 0.125. The number of nitrogens with zero attached hydrogens (tertiary/aromatic N) is 2. The SMILES string of the molecule is Cc1nc(CCO)c2ccccc2n1. The number of aromatic nitrogens is 2. The molecule has 0 unspecified atom stereocenters. The number of aliphatic hydroxyl groups excluding tert-OH is 1. The largest absolute Gasteiger partial charge is 0.396 e. The van der Waals surface area contributed by atoms with Crippen LogP contribution in [0.2, 0.25) is 0 Å². The quantitative estimate of drug-likeness (QED) is 0.776. The molecule has 0 spiro atoms. The van der Waals surface area contributed by atoms with Crippen molar-refractivity contribution < 1.29 is 5.11 Å². The number of hydrogen-bond donors (Lipinski definition) is 1. The van der Waals surface area contributed by atoms with E-state index in [0.29, 0.717) is 6.42 Å². The Morgan fingerprint density at radius 2 is 2.00 bits per heavy atom. The Morgan fingerprint density at radius 1 is 1.21 bits per heavy atom. The first-order chi connectivity index (χ1) is 6.81. The van der Waals surface area contributed by atoms with Crippen LogP contribution in [0.3, 0.4) is 0 Å². The molecule has 3 nitrogen and oxygen atoms in total. The lowest BCUT2D eigenvalue weighted by Crippen LogP contribution is -2.00. The minimum Gasteiger partial charge on any atom is -0.396 e. The molecule has 2 rings (SSSR count). The van der Waals surface area contributed by atoms with Gasteiger partial charge >= 0.3 is 0 Å². The van der Waals surface area contributed by atoms with Crippen molar-refractivity contribution in [3.63, 3.8) is 0 Å². The number of benzene rings is 1. The number of para-hydroxylation sites is 1. The molecular weight excluding hydrogens is 176 g/mol. The first-order valence-electron chi connectivity index (χ1n) is 4.64. The molecule has 0 saturated heterocycles. The van der Waals surface area contributed by atoms with E-state index in [1.54, 1.807) is 0 Å². The first kappa shape index (κ1) is 9.09. The summed E-state index contributed by atoms with van der Waals surface area (Å²) in [5.74, 6) is 0.757. The summed E-state index contributed by atoms with van der Waals surface area (Å²) in [6.45, 7) is 1.99. The highest BCUT2D eigenvalue weighted by molar-refractivity contribution is 5.80. The van der Waals surface area contributed by atoms with E-state index in [2.05, 4.69) is 9.97 Å². The average Bonchev–Trinajstić information content (AvgIpc) is 2.18. The van der Waals surface area contributed by atoms with Gasteiger partial charge in [0, 0.05) is 18.4 Å². The molecule has 0 aliphatic rings. The standard InChI is InChI=1S/C11H12N2O/c1-8-12-10-5-3-2-4-9(10)11(13-8)6-7-14/h2-5,14H,6-7H2,1H3. The van der Waals surface area contributed by atoms with E-state index >= 15 is 0 Å². The zero-order valence-corrected chi connectivity index (χ0v) is 8.07. The summed E-state index contributed by atoms with van der Waals surface area (Å²) in [7, 11) is 0. The number of aryl methyl sites for hydroxylation is 1. The van der Waals surface area contributed by atoms with Crippen LogP contribution in [0.5, 0.6) is 0 Å². The van der Waals surface area contributed by atoms with Gasteiger partial charge < -0.3 is 5.11 Å². The van der Waals surface area contributed by atoms with Crippen molar-refractivity contribution in [2.24, 2.45) is 0 Å². The maximum absolute atomic E-state index is 8.91.